The number of rotatable bonds is 4. The van der Waals surface area contributed by atoms with Gasteiger partial charge in [-0.3, -0.25) is 0 Å². The quantitative estimate of drug-likeness (QED) is 0.587. The Bertz CT molecular complexity index is 431. The van der Waals surface area contributed by atoms with Crippen molar-refractivity contribution in [3.63, 3.8) is 0 Å². The molecule has 0 spiro atoms. The molecule has 1 aromatic carbocycles. The normalized spacial score (nSPS) is 22.5. The largest absolute Gasteiger partial charge is 0.490 e. The maximum Gasteiger partial charge on any atom is 0.161 e. The first-order valence-electron chi connectivity index (χ1n) is 7.22. The van der Waals surface area contributed by atoms with Crippen molar-refractivity contribution in [1.29, 1.82) is 0 Å². The van der Waals surface area contributed by atoms with E-state index in [9.17, 15) is 0 Å². The van der Waals surface area contributed by atoms with E-state index in [1.54, 1.807) is 0 Å². The highest BCUT2D eigenvalue weighted by Gasteiger charge is 2.23. The van der Waals surface area contributed by atoms with Gasteiger partial charge in [0.2, 0.25) is 0 Å². The average molecular weight is 283 g/mol. The third-order valence-electron chi connectivity index (χ3n) is 3.66. The van der Waals surface area contributed by atoms with Crippen LogP contribution in [0.1, 0.15) is 50.1 Å². The Morgan fingerprint density at radius 1 is 1.16 bits per heavy atom. The third-order valence-corrected chi connectivity index (χ3v) is 4.07. The molecule has 0 bridgehead atoms. The number of hydrogen-bond acceptors (Lipinski definition) is 2. The lowest BCUT2D eigenvalue weighted by molar-refractivity contribution is 0.287. The molecule has 0 amide bonds. The van der Waals surface area contributed by atoms with Crippen LogP contribution in [0.25, 0.3) is 0 Å². The molecule has 2 atom stereocenters. The highest BCUT2D eigenvalue weighted by Crippen LogP contribution is 2.41. The van der Waals surface area contributed by atoms with Crippen LogP contribution in [-0.2, 0) is 6.42 Å². The van der Waals surface area contributed by atoms with Crippen LogP contribution in [0.4, 0.5) is 0 Å². The first kappa shape index (κ1) is 14.5. The van der Waals surface area contributed by atoms with E-state index >= 15 is 0 Å². The molecule has 1 aromatic rings. The minimum absolute atomic E-state index is 0.0855. The predicted octanol–water partition coefficient (Wildman–Crippen LogP) is 4.74. The molecule has 0 aliphatic heterocycles. The molecule has 0 saturated carbocycles. The summed E-state index contributed by atoms with van der Waals surface area (Å²) in [5.74, 6) is 2.34. The van der Waals surface area contributed by atoms with Crippen LogP contribution in [0.3, 0.4) is 0 Å². The zero-order chi connectivity index (χ0) is 13.8. The molecule has 19 heavy (non-hydrogen) atoms. The van der Waals surface area contributed by atoms with Crippen molar-refractivity contribution in [1.82, 2.24) is 0 Å². The molecule has 0 fully saturated rings. The van der Waals surface area contributed by atoms with Gasteiger partial charge in [0.15, 0.2) is 11.5 Å². The molecule has 2 unspecified atom stereocenters. The van der Waals surface area contributed by atoms with Crippen molar-refractivity contribution < 1.29 is 9.47 Å². The zero-order valence-corrected chi connectivity index (χ0v) is 12.8. The van der Waals surface area contributed by atoms with Gasteiger partial charge in [0, 0.05) is 0 Å². The fourth-order valence-electron chi connectivity index (χ4n) is 2.66. The Kier molecular flexibility index (Phi) is 4.98. The Labute approximate surface area is 121 Å². The molecule has 1 aliphatic carbocycles. The molecular weight excluding hydrogens is 260 g/mol. The topological polar surface area (TPSA) is 18.5 Å². The van der Waals surface area contributed by atoms with Gasteiger partial charge in [0.25, 0.3) is 0 Å². The Morgan fingerprint density at radius 3 is 2.42 bits per heavy atom. The Hall–Kier alpha value is -0.890. The van der Waals surface area contributed by atoms with Gasteiger partial charge in [0.1, 0.15) is 0 Å². The maximum atomic E-state index is 6.55. The second kappa shape index (κ2) is 6.51. The number of hydrogen-bond donors (Lipinski definition) is 0. The lowest BCUT2D eigenvalue weighted by atomic mass is 10.0. The zero-order valence-electron chi connectivity index (χ0n) is 12.0. The van der Waals surface area contributed by atoms with E-state index in [0.29, 0.717) is 19.1 Å². The van der Waals surface area contributed by atoms with E-state index in [1.807, 2.05) is 13.8 Å². The molecule has 3 heteroatoms. The summed E-state index contributed by atoms with van der Waals surface area (Å²) >= 11 is 6.55. The van der Waals surface area contributed by atoms with Crippen LogP contribution < -0.4 is 9.47 Å². The van der Waals surface area contributed by atoms with Gasteiger partial charge in [-0.25, -0.2) is 0 Å². The van der Waals surface area contributed by atoms with Crippen LogP contribution in [0.5, 0.6) is 11.5 Å². The van der Waals surface area contributed by atoms with Crippen molar-refractivity contribution in [3.05, 3.63) is 23.3 Å². The van der Waals surface area contributed by atoms with E-state index in [4.69, 9.17) is 21.1 Å². The lowest BCUT2D eigenvalue weighted by Gasteiger charge is -2.17. The summed E-state index contributed by atoms with van der Waals surface area (Å²) in [6.07, 6.45) is 3.30. The minimum Gasteiger partial charge on any atom is -0.490 e. The SMILES string of the molecule is CCOc1cc2c(cc1OCC)C(Cl)CC(C)CC2. The van der Waals surface area contributed by atoms with Gasteiger partial charge in [-0.1, -0.05) is 6.92 Å². The summed E-state index contributed by atoms with van der Waals surface area (Å²) in [5, 5.41) is 0.0855. The number of alkyl halides is 1. The van der Waals surface area contributed by atoms with Gasteiger partial charge in [-0.05, 0) is 62.3 Å². The van der Waals surface area contributed by atoms with Crippen LogP contribution in [-0.4, -0.2) is 13.2 Å². The number of halogens is 1. The van der Waals surface area contributed by atoms with E-state index in [-0.39, 0.29) is 5.38 Å². The predicted molar refractivity (Wildman–Crippen MR) is 79.5 cm³/mol. The Balaban J connectivity index is 2.40. The van der Waals surface area contributed by atoms with E-state index in [0.717, 1.165) is 24.3 Å². The second-order valence-corrected chi connectivity index (χ2v) is 5.74. The molecule has 0 heterocycles. The highest BCUT2D eigenvalue weighted by molar-refractivity contribution is 6.21. The van der Waals surface area contributed by atoms with Gasteiger partial charge in [-0.15, -0.1) is 11.6 Å². The van der Waals surface area contributed by atoms with Crippen molar-refractivity contribution in [2.45, 2.75) is 45.4 Å². The average Bonchev–Trinajstić information content (AvgIpc) is 2.51. The van der Waals surface area contributed by atoms with Crippen LogP contribution in [0, 0.1) is 5.92 Å². The molecule has 2 nitrogen and oxygen atoms in total. The summed E-state index contributed by atoms with van der Waals surface area (Å²) in [7, 11) is 0. The molecule has 0 aromatic heterocycles. The number of ether oxygens (including phenoxy) is 2. The number of fused-ring (bicyclic) bond motifs is 1. The first-order valence-corrected chi connectivity index (χ1v) is 7.65. The fourth-order valence-corrected chi connectivity index (χ4v) is 3.17. The molecule has 0 N–H and O–H groups in total. The fraction of sp³-hybridized carbons (Fsp3) is 0.625. The molecule has 0 saturated heterocycles. The van der Waals surface area contributed by atoms with Crippen molar-refractivity contribution in [3.8, 4) is 11.5 Å². The first-order chi connectivity index (χ1) is 9.15. The van der Waals surface area contributed by atoms with Crippen LogP contribution in [0.2, 0.25) is 0 Å². The maximum absolute atomic E-state index is 6.55. The third kappa shape index (κ3) is 3.36. The smallest absolute Gasteiger partial charge is 0.161 e. The molecule has 2 rings (SSSR count). The monoisotopic (exact) mass is 282 g/mol. The van der Waals surface area contributed by atoms with E-state index in [2.05, 4.69) is 19.1 Å². The van der Waals surface area contributed by atoms with Gasteiger partial charge in [0.05, 0.1) is 18.6 Å². The summed E-state index contributed by atoms with van der Waals surface area (Å²) < 4.78 is 11.4. The van der Waals surface area contributed by atoms with Gasteiger partial charge < -0.3 is 9.47 Å². The second-order valence-electron chi connectivity index (χ2n) is 5.21. The summed E-state index contributed by atoms with van der Waals surface area (Å²) in [4.78, 5) is 0. The van der Waals surface area contributed by atoms with Gasteiger partial charge >= 0.3 is 0 Å². The van der Waals surface area contributed by atoms with Crippen molar-refractivity contribution >= 4 is 11.6 Å². The molecular formula is C16H23ClO2. The van der Waals surface area contributed by atoms with Crippen molar-refractivity contribution in [2.24, 2.45) is 5.92 Å². The number of aryl methyl sites for hydroxylation is 1. The summed E-state index contributed by atoms with van der Waals surface area (Å²) in [5.41, 5.74) is 2.54. The number of benzene rings is 1. The van der Waals surface area contributed by atoms with Gasteiger partial charge in [-0.2, -0.15) is 0 Å². The summed E-state index contributed by atoms with van der Waals surface area (Å²) in [6, 6.07) is 4.21. The molecule has 0 radical (unpaired) electrons. The van der Waals surface area contributed by atoms with Crippen LogP contribution in [0.15, 0.2) is 12.1 Å². The van der Waals surface area contributed by atoms with Crippen molar-refractivity contribution in [2.75, 3.05) is 13.2 Å². The van der Waals surface area contributed by atoms with E-state index < -0.39 is 0 Å². The molecule has 1 aliphatic rings. The standard InChI is InChI=1S/C16H23ClO2/c1-4-18-15-9-12-7-6-11(3)8-14(17)13(12)10-16(15)19-5-2/h9-11,14H,4-8H2,1-3H3. The molecule has 106 valence electrons. The highest BCUT2D eigenvalue weighted by atomic mass is 35.5. The summed E-state index contributed by atoms with van der Waals surface area (Å²) in [6.45, 7) is 7.55. The minimum atomic E-state index is 0.0855. The van der Waals surface area contributed by atoms with Crippen LogP contribution >= 0.6 is 11.6 Å². The van der Waals surface area contributed by atoms with E-state index in [1.165, 1.54) is 17.5 Å². The Morgan fingerprint density at radius 2 is 1.79 bits per heavy atom. The lowest BCUT2D eigenvalue weighted by Crippen LogP contribution is -2.02.